The van der Waals surface area contributed by atoms with E-state index < -0.39 is 35.7 Å². The van der Waals surface area contributed by atoms with Gasteiger partial charge < -0.3 is 20.4 Å². The van der Waals surface area contributed by atoms with Crippen molar-refractivity contribution in [3.8, 4) is 0 Å². The molecular formula is C12H20O8. The number of carboxylic acid groups (broad SMARTS) is 4. The van der Waals surface area contributed by atoms with Crippen molar-refractivity contribution in [3.05, 3.63) is 0 Å². The molecule has 0 aliphatic carbocycles. The highest BCUT2D eigenvalue weighted by molar-refractivity contribution is 5.77. The zero-order valence-corrected chi connectivity index (χ0v) is 11.4. The smallest absolute Gasteiger partial charge is 0.307 e. The van der Waals surface area contributed by atoms with Crippen molar-refractivity contribution < 1.29 is 39.6 Å². The zero-order valence-electron chi connectivity index (χ0n) is 11.4. The molecule has 0 bridgehead atoms. The minimum Gasteiger partial charge on any atom is -0.481 e. The predicted octanol–water partition coefficient (Wildman–Crippen LogP) is 1.14. The molecule has 2 atom stereocenters. The summed E-state index contributed by atoms with van der Waals surface area (Å²) < 4.78 is 0. The van der Waals surface area contributed by atoms with Crippen molar-refractivity contribution in [2.45, 2.75) is 39.5 Å². The quantitative estimate of drug-likeness (QED) is 0.520. The fourth-order valence-corrected chi connectivity index (χ4v) is 1.08. The number of carboxylic acids is 4. The van der Waals surface area contributed by atoms with Gasteiger partial charge in [-0.05, 0) is 12.8 Å². The van der Waals surface area contributed by atoms with Gasteiger partial charge in [0.25, 0.3) is 0 Å². The van der Waals surface area contributed by atoms with Crippen LogP contribution < -0.4 is 0 Å². The molecule has 4 N–H and O–H groups in total. The van der Waals surface area contributed by atoms with Crippen LogP contribution in [0.5, 0.6) is 0 Å². The van der Waals surface area contributed by atoms with Gasteiger partial charge in [0, 0.05) is 6.42 Å². The number of rotatable bonds is 8. The Morgan fingerprint density at radius 1 is 0.900 bits per heavy atom. The molecular weight excluding hydrogens is 272 g/mol. The molecule has 0 heterocycles. The molecule has 20 heavy (non-hydrogen) atoms. The summed E-state index contributed by atoms with van der Waals surface area (Å²) in [7, 11) is 0. The van der Waals surface area contributed by atoms with E-state index in [0.29, 0.717) is 6.42 Å². The molecule has 0 saturated heterocycles. The Balaban J connectivity index is 0. The van der Waals surface area contributed by atoms with E-state index in [-0.39, 0.29) is 19.3 Å². The van der Waals surface area contributed by atoms with Crippen LogP contribution in [-0.4, -0.2) is 44.3 Å². The van der Waals surface area contributed by atoms with Crippen LogP contribution in [0.3, 0.4) is 0 Å². The second-order valence-corrected chi connectivity index (χ2v) is 4.21. The molecule has 0 rings (SSSR count). The largest absolute Gasteiger partial charge is 0.481 e. The van der Waals surface area contributed by atoms with Gasteiger partial charge >= 0.3 is 23.9 Å². The topological polar surface area (TPSA) is 149 Å². The van der Waals surface area contributed by atoms with Crippen LogP contribution in [0.25, 0.3) is 0 Å². The summed E-state index contributed by atoms with van der Waals surface area (Å²) in [6, 6.07) is 0. The molecule has 0 aromatic carbocycles. The Labute approximate surface area is 116 Å². The summed E-state index contributed by atoms with van der Waals surface area (Å²) in [5.74, 6) is -5.29. The molecule has 0 aliphatic rings. The Morgan fingerprint density at radius 2 is 1.40 bits per heavy atom. The molecule has 0 aliphatic heterocycles. The van der Waals surface area contributed by atoms with Gasteiger partial charge in [-0.2, -0.15) is 0 Å². The number of hydrogen-bond acceptors (Lipinski definition) is 4. The highest BCUT2D eigenvalue weighted by Crippen LogP contribution is 2.07. The van der Waals surface area contributed by atoms with Gasteiger partial charge in [0.15, 0.2) is 0 Å². The van der Waals surface area contributed by atoms with Crippen LogP contribution in [0, 0.1) is 11.8 Å². The Morgan fingerprint density at radius 3 is 1.60 bits per heavy atom. The lowest BCUT2D eigenvalue weighted by molar-refractivity contribution is -0.148. The number of carbonyl (C=O) groups is 4. The van der Waals surface area contributed by atoms with Crippen LogP contribution >= 0.6 is 0 Å². The van der Waals surface area contributed by atoms with Crippen LogP contribution in [0.4, 0.5) is 0 Å². The van der Waals surface area contributed by atoms with Crippen LogP contribution in [0.2, 0.25) is 0 Å². The molecule has 0 aromatic rings. The first-order valence-corrected chi connectivity index (χ1v) is 6.00. The molecule has 8 nitrogen and oxygen atoms in total. The van der Waals surface area contributed by atoms with Crippen LogP contribution in [-0.2, 0) is 19.2 Å². The van der Waals surface area contributed by atoms with Crippen LogP contribution in [0.15, 0.2) is 0 Å². The Kier molecular flexibility index (Phi) is 10.9. The average Bonchev–Trinajstić information content (AvgIpc) is 2.32. The number of aliphatic carboxylic acids is 4. The van der Waals surface area contributed by atoms with E-state index in [0.717, 1.165) is 0 Å². The summed E-state index contributed by atoms with van der Waals surface area (Å²) in [5, 5.41) is 33.0. The van der Waals surface area contributed by atoms with Gasteiger partial charge in [-0.3, -0.25) is 19.2 Å². The van der Waals surface area contributed by atoms with Crippen molar-refractivity contribution in [3.63, 3.8) is 0 Å². The molecule has 0 spiro atoms. The van der Waals surface area contributed by atoms with E-state index in [9.17, 15) is 19.2 Å². The van der Waals surface area contributed by atoms with Gasteiger partial charge in [0.05, 0.1) is 18.3 Å². The summed E-state index contributed by atoms with van der Waals surface area (Å²) >= 11 is 0. The van der Waals surface area contributed by atoms with Crippen molar-refractivity contribution in [1.82, 2.24) is 0 Å². The van der Waals surface area contributed by atoms with Gasteiger partial charge in [-0.1, -0.05) is 13.8 Å². The predicted molar refractivity (Wildman–Crippen MR) is 67.3 cm³/mol. The lowest BCUT2D eigenvalue weighted by atomic mass is 10.0. The Hall–Kier alpha value is -2.12. The normalized spacial score (nSPS) is 12.5. The third-order valence-electron chi connectivity index (χ3n) is 2.48. The molecule has 0 fully saturated rings. The summed E-state index contributed by atoms with van der Waals surface area (Å²) in [5.41, 5.74) is 0. The van der Waals surface area contributed by atoms with E-state index in [2.05, 4.69) is 0 Å². The molecule has 2 unspecified atom stereocenters. The summed E-state index contributed by atoms with van der Waals surface area (Å²) in [6.45, 7) is 3.15. The molecule has 8 heteroatoms. The van der Waals surface area contributed by atoms with E-state index >= 15 is 0 Å². The van der Waals surface area contributed by atoms with E-state index in [1.54, 1.807) is 6.92 Å². The maximum absolute atomic E-state index is 10.2. The monoisotopic (exact) mass is 292 g/mol. The third kappa shape index (κ3) is 12.3. The van der Waals surface area contributed by atoms with Crippen LogP contribution in [0.1, 0.15) is 39.5 Å². The highest BCUT2D eigenvalue weighted by atomic mass is 16.4. The Bertz CT molecular complexity index is 349. The fourth-order valence-electron chi connectivity index (χ4n) is 1.08. The van der Waals surface area contributed by atoms with Gasteiger partial charge in [0.2, 0.25) is 0 Å². The molecule has 116 valence electrons. The van der Waals surface area contributed by atoms with Gasteiger partial charge in [-0.25, -0.2) is 0 Å². The first-order valence-electron chi connectivity index (χ1n) is 6.00. The lowest BCUT2D eigenvalue weighted by Crippen LogP contribution is -2.16. The van der Waals surface area contributed by atoms with E-state index in [4.69, 9.17) is 20.4 Å². The van der Waals surface area contributed by atoms with Crippen molar-refractivity contribution in [1.29, 1.82) is 0 Å². The second-order valence-electron chi connectivity index (χ2n) is 4.21. The summed E-state index contributed by atoms with van der Waals surface area (Å²) in [4.78, 5) is 40.3. The SMILES string of the molecule is CC(CCC(=O)O)C(=O)O.CCC(CC(=O)O)C(=O)O. The maximum Gasteiger partial charge on any atom is 0.307 e. The highest BCUT2D eigenvalue weighted by Gasteiger charge is 2.17. The van der Waals surface area contributed by atoms with Gasteiger partial charge in [-0.15, -0.1) is 0 Å². The van der Waals surface area contributed by atoms with E-state index in [1.807, 2.05) is 0 Å². The minimum absolute atomic E-state index is 0.0759. The lowest BCUT2D eigenvalue weighted by Gasteiger charge is -2.03. The zero-order chi connectivity index (χ0) is 16.3. The molecule has 0 amide bonds. The second kappa shape index (κ2) is 10.8. The first-order chi connectivity index (χ1) is 9.11. The van der Waals surface area contributed by atoms with Crippen molar-refractivity contribution >= 4 is 23.9 Å². The first kappa shape index (κ1) is 20.2. The minimum atomic E-state index is -1.06. The average molecular weight is 292 g/mol. The van der Waals surface area contributed by atoms with E-state index in [1.165, 1.54) is 6.92 Å². The standard InChI is InChI=1S/2C6H10O4/c1-4(6(9)10)2-3-5(7)8;1-2-4(6(9)10)3-5(7)8/h2*4H,2-3H2,1H3,(H,7,8)(H,9,10). The molecule has 0 aromatic heterocycles. The number of hydrogen-bond donors (Lipinski definition) is 4. The van der Waals surface area contributed by atoms with Gasteiger partial charge in [0.1, 0.15) is 0 Å². The molecule has 0 saturated carbocycles. The molecule has 0 radical (unpaired) electrons. The maximum atomic E-state index is 10.2. The third-order valence-corrected chi connectivity index (χ3v) is 2.48. The fraction of sp³-hybridized carbons (Fsp3) is 0.667. The van der Waals surface area contributed by atoms with Crippen molar-refractivity contribution in [2.75, 3.05) is 0 Å². The summed E-state index contributed by atoms with van der Waals surface area (Å²) in [6.07, 6.45) is 0.200. The van der Waals surface area contributed by atoms with Crippen molar-refractivity contribution in [2.24, 2.45) is 11.8 Å².